The summed E-state index contributed by atoms with van der Waals surface area (Å²) in [5.41, 5.74) is 6.49. The zero-order valence-electron chi connectivity index (χ0n) is 12.0. The van der Waals surface area contributed by atoms with Crippen molar-refractivity contribution >= 4 is 34.5 Å². The lowest BCUT2D eigenvalue weighted by Crippen LogP contribution is -2.26. The van der Waals surface area contributed by atoms with Gasteiger partial charge in [0.05, 0.1) is 34.9 Å². The Kier molecular flexibility index (Phi) is 4.69. The highest BCUT2D eigenvalue weighted by Crippen LogP contribution is 2.30. The van der Waals surface area contributed by atoms with Crippen molar-refractivity contribution in [1.82, 2.24) is 9.88 Å². The predicted octanol–water partition coefficient (Wildman–Crippen LogP) is 2.97. The van der Waals surface area contributed by atoms with Gasteiger partial charge in [0.25, 0.3) is 5.91 Å². The molecule has 1 aromatic carbocycles. The average molecular weight is 326 g/mol. The summed E-state index contributed by atoms with van der Waals surface area (Å²) >= 11 is 7.56. The number of halogens is 1. The van der Waals surface area contributed by atoms with Crippen LogP contribution in [-0.4, -0.2) is 29.9 Å². The zero-order chi connectivity index (χ0) is 15.6. The number of carbonyl (C=O) groups excluding carboxylic acids is 1. The summed E-state index contributed by atoms with van der Waals surface area (Å²) in [5.74, 6) is 0.231. The third-order valence-electron chi connectivity index (χ3n) is 2.96. The smallest absolute Gasteiger partial charge is 0.257 e. The van der Waals surface area contributed by atoms with E-state index in [1.165, 1.54) is 13.2 Å². The number of aryl methyl sites for hydroxylation is 1. The molecule has 0 aliphatic heterocycles. The molecule has 2 aromatic rings. The van der Waals surface area contributed by atoms with Crippen LogP contribution in [0, 0.1) is 6.92 Å². The van der Waals surface area contributed by atoms with Crippen molar-refractivity contribution in [2.45, 2.75) is 13.5 Å². The van der Waals surface area contributed by atoms with Crippen LogP contribution >= 0.6 is 22.9 Å². The fourth-order valence-corrected chi connectivity index (χ4v) is 2.91. The molecule has 21 heavy (non-hydrogen) atoms. The Morgan fingerprint density at radius 1 is 1.52 bits per heavy atom. The SMILES string of the molecule is COc1cc(N)c(Cl)cc1C(=O)N(C)Cc1cnc(C)s1. The van der Waals surface area contributed by atoms with Gasteiger partial charge in [-0.3, -0.25) is 4.79 Å². The molecule has 0 atom stereocenters. The minimum absolute atomic E-state index is 0.181. The number of benzene rings is 1. The van der Waals surface area contributed by atoms with Crippen molar-refractivity contribution in [3.05, 3.63) is 38.8 Å². The number of anilines is 1. The number of amides is 1. The van der Waals surface area contributed by atoms with Gasteiger partial charge in [-0.05, 0) is 13.0 Å². The summed E-state index contributed by atoms with van der Waals surface area (Å²) in [5, 5.41) is 1.31. The lowest BCUT2D eigenvalue weighted by Gasteiger charge is -2.18. The molecule has 0 unspecified atom stereocenters. The van der Waals surface area contributed by atoms with Gasteiger partial charge in [0.1, 0.15) is 5.75 Å². The van der Waals surface area contributed by atoms with E-state index in [4.69, 9.17) is 22.1 Å². The van der Waals surface area contributed by atoms with Crippen LogP contribution in [0.4, 0.5) is 5.69 Å². The van der Waals surface area contributed by atoms with Crippen molar-refractivity contribution in [3.8, 4) is 5.75 Å². The van der Waals surface area contributed by atoms with E-state index in [-0.39, 0.29) is 5.91 Å². The number of carbonyl (C=O) groups is 1. The summed E-state index contributed by atoms with van der Waals surface area (Å²) in [6.45, 7) is 2.41. The van der Waals surface area contributed by atoms with Crippen molar-refractivity contribution < 1.29 is 9.53 Å². The van der Waals surface area contributed by atoms with Gasteiger partial charge >= 0.3 is 0 Å². The topological polar surface area (TPSA) is 68.5 Å². The molecular weight excluding hydrogens is 310 g/mol. The predicted molar refractivity (Wildman–Crippen MR) is 85.1 cm³/mol. The van der Waals surface area contributed by atoms with Gasteiger partial charge in [0.15, 0.2) is 0 Å². The average Bonchev–Trinajstić information content (AvgIpc) is 2.85. The normalized spacial score (nSPS) is 10.5. The molecule has 0 fully saturated rings. The first-order valence-electron chi connectivity index (χ1n) is 6.22. The zero-order valence-corrected chi connectivity index (χ0v) is 13.6. The molecule has 1 amide bonds. The minimum Gasteiger partial charge on any atom is -0.496 e. The van der Waals surface area contributed by atoms with Gasteiger partial charge in [-0.15, -0.1) is 11.3 Å². The van der Waals surface area contributed by atoms with Crippen LogP contribution in [0.3, 0.4) is 0 Å². The second-order valence-corrected chi connectivity index (χ2v) is 6.31. The molecule has 2 N–H and O–H groups in total. The maximum absolute atomic E-state index is 12.5. The Morgan fingerprint density at radius 2 is 2.24 bits per heavy atom. The number of nitrogens with zero attached hydrogens (tertiary/aromatic N) is 2. The third-order valence-corrected chi connectivity index (χ3v) is 4.18. The van der Waals surface area contributed by atoms with E-state index in [1.807, 2.05) is 6.92 Å². The fraction of sp³-hybridized carbons (Fsp3) is 0.286. The number of nitrogen functional groups attached to an aromatic ring is 1. The van der Waals surface area contributed by atoms with Crippen molar-refractivity contribution in [1.29, 1.82) is 0 Å². The number of thiazole rings is 1. The molecule has 0 aliphatic rings. The standard InChI is InChI=1S/C14H16ClN3O2S/c1-8-17-6-9(21-8)7-18(2)14(19)10-4-11(15)12(16)5-13(10)20-3/h4-6H,7,16H2,1-3H3. The number of aromatic nitrogens is 1. The first-order valence-corrected chi connectivity index (χ1v) is 7.41. The van der Waals surface area contributed by atoms with Crippen molar-refractivity contribution in [3.63, 3.8) is 0 Å². The second-order valence-electron chi connectivity index (χ2n) is 4.58. The highest BCUT2D eigenvalue weighted by molar-refractivity contribution is 7.11. The lowest BCUT2D eigenvalue weighted by atomic mass is 10.1. The van der Waals surface area contributed by atoms with Gasteiger partial charge in [0.2, 0.25) is 0 Å². The molecule has 2 rings (SSSR count). The van der Waals surface area contributed by atoms with Crippen molar-refractivity contribution in [2.75, 3.05) is 19.9 Å². The highest BCUT2D eigenvalue weighted by Gasteiger charge is 2.19. The monoisotopic (exact) mass is 325 g/mol. The van der Waals surface area contributed by atoms with Crippen LogP contribution < -0.4 is 10.5 Å². The fourth-order valence-electron chi connectivity index (χ4n) is 1.89. The van der Waals surface area contributed by atoms with Crippen LogP contribution in [0.2, 0.25) is 5.02 Å². The summed E-state index contributed by atoms with van der Waals surface area (Å²) in [4.78, 5) is 19.3. The Morgan fingerprint density at radius 3 is 2.81 bits per heavy atom. The van der Waals surface area contributed by atoms with Crippen LogP contribution in [0.15, 0.2) is 18.3 Å². The molecule has 0 aliphatic carbocycles. The summed E-state index contributed by atoms with van der Waals surface area (Å²) in [6, 6.07) is 3.09. The van der Waals surface area contributed by atoms with Gasteiger partial charge in [0, 0.05) is 24.2 Å². The molecule has 1 heterocycles. The molecule has 5 nitrogen and oxygen atoms in total. The summed E-state index contributed by atoms with van der Waals surface area (Å²) < 4.78 is 5.21. The maximum atomic E-state index is 12.5. The number of rotatable bonds is 4. The minimum atomic E-state index is -0.181. The van der Waals surface area contributed by atoms with Gasteiger partial charge in [-0.25, -0.2) is 4.98 Å². The van der Waals surface area contributed by atoms with Crippen LogP contribution in [0.5, 0.6) is 5.75 Å². The molecule has 0 bridgehead atoms. The molecule has 0 radical (unpaired) electrons. The van der Waals surface area contributed by atoms with Gasteiger partial charge in [-0.2, -0.15) is 0 Å². The Bertz CT molecular complexity index is 672. The van der Waals surface area contributed by atoms with E-state index in [0.29, 0.717) is 28.6 Å². The van der Waals surface area contributed by atoms with Gasteiger partial charge in [-0.1, -0.05) is 11.6 Å². The summed E-state index contributed by atoms with van der Waals surface area (Å²) in [6.07, 6.45) is 1.77. The first kappa shape index (κ1) is 15.6. The van der Waals surface area contributed by atoms with Crippen LogP contribution in [0.1, 0.15) is 20.2 Å². The van der Waals surface area contributed by atoms with E-state index >= 15 is 0 Å². The lowest BCUT2D eigenvalue weighted by molar-refractivity contribution is 0.0783. The Balaban J connectivity index is 2.24. The van der Waals surface area contributed by atoms with E-state index < -0.39 is 0 Å². The first-order chi connectivity index (χ1) is 9.92. The molecule has 0 spiro atoms. The maximum Gasteiger partial charge on any atom is 0.257 e. The Labute approximate surface area is 132 Å². The van der Waals surface area contributed by atoms with E-state index in [0.717, 1.165) is 9.88 Å². The quantitative estimate of drug-likeness (QED) is 0.877. The third kappa shape index (κ3) is 3.46. The number of methoxy groups -OCH3 is 1. The molecule has 7 heteroatoms. The molecule has 0 saturated carbocycles. The second kappa shape index (κ2) is 6.32. The summed E-state index contributed by atoms with van der Waals surface area (Å²) in [7, 11) is 3.22. The van der Waals surface area contributed by atoms with E-state index in [2.05, 4.69) is 4.98 Å². The van der Waals surface area contributed by atoms with Crippen LogP contribution in [-0.2, 0) is 6.54 Å². The van der Waals surface area contributed by atoms with Crippen molar-refractivity contribution in [2.24, 2.45) is 0 Å². The number of hydrogen-bond acceptors (Lipinski definition) is 5. The largest absolute Gasteiger partial charge is 0.496 e. The van der Waals surface area contributed by atoms with E-state index in [1.54, 1.807) is 35.5 Å². The highest BCUT2D eigenvalue weighted by atomic mass is 35.5. The molecule has 1 aromatic heterocycles. The number of nitrogens with two attached hydrogens (primary N) is 1. The van der Waals surface area contributed by atoms with Crippen LogP contribution in [0.25, 0.3) is 0 Å². The molecule has 0 saturated heterocycles. The number of ether oxygens (including phenoxy) is 1. The van der Waals surface area contributed by atoms with Gasteiger partial charge < -0.3 is 15.4 Å². The molecule has 112 valence electrons. The molecular formula is C14H16ClN3O2S. The Hall–Kier alpha value is -1.79. The van der Waals surface area contributed by atoms with E-state index in [9.17, 15) is 4.79 Å². The number of hydrogen-bond donors (Lipinski definition) is 1.